The number of aliphatic hydroxyl groups excluding tert-OH is 1. The highest BCUT2D eigenvalue weighted by Gasteiger charge is 2.34. The highest BCUT2D eigenvalue weighted by Crippen LogP contribution is 2.25. The molecule has 3 aromatic rings. The summed E-state index contributed by atoms with van der Waals surface area (Å²) in [4.78, 5) is -0.438. The van der Waals surface area contributed by atoms with Crippen LogP contribution in [0.4, 0.5) is 8.78 Å². The lowest BCUT2D eigenvalue weighted by Gasteiger charge is -2.36. The van der Waals surface area contributed by atoms with Gasteiger partial charge in [-0.05, 0) is 55.7 Å². The zero-order valence-corrected chi connectivity index (χ0v) is 18.5. The second-order valence-corrected chi connectivity index (χ2v) is 9.56. The minimum atomic E-state index is -4.09. The van der Waals surface area contributed by atoms with Crippen LogP contribution < -0.4 is 4.72 Å². The Balaban J connectivity index is 1.34. The van der Waals surface area contributed by atoms with E-state index in [0.717, 1.165) is 11.6 Å². The maximum Gasteiger partial charge on any atom is 0.243 e. The van der Waals surface area contributed by atoms with Crippen LogP contribution in [0.25, 0.3) is 11.3 Å². The molecule has 33 heavy (non-hydrogen) atoms. The number of ether oxygens (including phenoxy) is 1. The molecule has 11 heteroatoms. The first kappa shape index (κ1) is 23.4. The van der Waals surface area contributed by atoms with Gasteiger partial charge in [-0.3, -0.25) is 4.68 Å². The predicted molar refractivity (Wildman–Crippen MR) is 116 cm³/mol. The van der Waals surface area contributed by atoms with E-state index in [2.05, 4.69) is 15.0 Å². The molecule has 176 valence electrons. The molecule has 1 fully saturated rings. The van der Waals surface area contributed by atoms with Crippen molar-refractivity contribution in [2.24, 2.45) is 0 Å². The molecule has 3 atom stereocenters. The van der Waals surface area contributed by atoms with Gasteiger partial charge in [0.15, 0.2) is 0 Å². The molecule has 0 bridgehead atoms. The molecule has 8 nitrogen and oxygen atoms in total. The van der Waals surface area contributed by atoms with E-state index in [1.54, 1.807) is 23.0 Å². The van der Waals surface area contributed by atoms with Crippen LogP contribution in [0.3, 0.4) is 0 Å². The van der Waals surface area contributed by atoms with Crippen molar-refractivity contribution >= 4 is 10.0 Å². The summed E-state index contributed by atoms with van der Waals surface area (Å²) in [6.07, 6.45) is 2.36. The van der Waals surface area contributed by atoms with E-state index >= 15 is 0 Å². The standard InChI is InChI=1S/C22H24F2N4O4S/c23-16-7-5-15(6-8-16)20-13-28(27-25-20)12-11-17-9-10-19(21(14-29)32-17)26-33(30,31)22-4-2-1-3-18(22)24/h1-8,13,17,19,21,26,29H,9-12,14H2/t17-,19+,21+/m1/s1. The number of aryl methyl sites for hydroxylation is 1. The number of aromatic nitrogens is 3. The first-order valence-corrected chi connectivity index (χ1v) is 12.0. The molecule has 1 aliphatic rings. The molecule has 0 unspecified atom stereocenters. The van der Waals surface area contributed by atoms with Crippen molar-refractivity contribution in [1.82, 2.24) is 19.7 Å². The zero-order chi connectivity index (χ0) is 23.4. The molecule has 2 aromatic carbocycles. The molecule has 1 aliphatic heterocycles. The molecule has 0 saturated carbocycles. The SMILES string of the molecule is O=S(=O)(N[C@H]1CC[C@H](CCn2cc(-c3ccc(F)cc3)nn2)O[C@H]1CO)c1ccccc1F. The van der Waals surface area contributed by atoms with Crippen molar-refractivity contribution < 1.29 is 27.0 Å². The summed E-state index contributed by atoms with van der Waals surface area (Å²) in [6.45, 7) is 0.127. The van der Waals surface area contributed by atoms with E-state index < -0.39 is 32.9 Å². The first-order chi connectivity index (χ1) is 15.9. The second-order valence-electron chi connectivity index (χ2n) is 7.88. The third kappa shape index (κ3) is 5.61. The fraction of sp³-hybridized carbons (Fsp3) is 0.364. The van der Waals surface area contributed by atoms with Crippen LogP contribution in [-0.2, 0) is 21.3 Å². The number of hydrogen-bond acceptors (Lipinski definition) is 6. The maximum atomic E-state index is 13.9. The fourth-order valence-electron chi connectivity index (χ4n) is 3.84. The molecule has 0 amide bonds. The first-order valence-electron chi connectivity index (χ1n) is 10.5. The Hall–Kier alpha value is -2.73. The van der Waals surface area contributed by atoms with Crippen LogP contribution in [0.1, 0.15) is 19.3 Å². The minimum Gasteiger partial charge on any atom is -0.394 e. The Bertz CT molecular complexity index is 1190. The number of benzene rings is 2. The third-order valence-electron chi connectivity index (χ3n) is 5.59. The number of aliphatic hydroxyl groups is 1. The summed E-state index contributed by atoms with van der Waals surface area (Å²) < 4.78 is 62.2. The molecule has 0 spiro atoms. The summed E-state index contributed by atoms with van der Waals surface area (Å²) in [5.74, 6) is -1.17. The van der Waals surface area contributed by atoms with Gasteiger partial charge < -0.3 is 9.84 Å². The number of rotatable bonds is 8. The second kappa shape index (κ2) is 10.0. The normalized spacial score (nSPS) is 21.2. The maximum absolute atomic E-state index is 13.9. The van der Waals surface area contributed by atoms with E-state index in [1.807, 2.05) is 0 Å². The smallest absolute Gasteiger partial charge is 0.243 e. The lowest BCUT2D eigenvalue weighted by Crippen LogP contribution is -2.51. The quantitative estimate of drug-likeness (QED) is 0.515. The van der Waals surface area contributed by atoms with Crippen molar-refractivity contribution in [2.75, 3.05) is 6.61 Å². The number of nitrogens with one attached hydrogen (secondary N) is 1. The lowest BCUT2D eigenvalue weighted by molar-refractivity contribution is -0.0891. The number of halogens is 2. The van der Waals surface area contributed by atoms with Crippen LogP contribution in [-0.4, -0.2) is 53.4 Å². The van der Waals surface area contributed by atoms with Crippen LogP contribution >= 0.6 is 0 Å². The van der Waals surface area contributed by atoms with E-state index in [-0.39, 0.29) is 18.5 Å². The highest BCUT2D eigenvalue weighted by molar-refractivity contribution is 7.89. The van der Waals surface area contributed by atoms with Gasteiger partial charge in [0.05, 0.1) is 31.1 Å². The molecule has 1 aromatic heterocycles. The minimum absolute atomic E-state index is 0.213. The summed E-state index contributed by atoms with van der Waals surface area (Å²) >= 11 is 0. The van der Waals surface area contributed by atoms with E-state index in [9.17, 15) is 22.3 Å². The van der Waals surface area contributed by atoms with Crippen LogP contribution in [0.15, 0.2) is 59.6 Å². The van der Waals surface area contributed by atoms with Gasteiger partial charge in [0.1, 0.15) is 22.2 Å². The highest BCUT2D eigenvalue weighted by atomic mass is 32.2. The lowest BCUT2D eigenvalue weighted by atomic mass is 9.98. The van der Waals surface area contributed by atoms with E-state index in [4.69, 9.17) is 4.74 Å². The summed E-state index contributed by atoms with van der Waals surface area (Å²) in [6, 6.07) is 10.4. The molecular weight excluding hydrogens is 454 g/mol. The van der Waals surface area contributed by atoms with Gasteiger partial charge >= 0.3 is 0 Å². The van der Waals surface area contributed by atoms with E-state index in [1.165, 1.54) is 30.3 Å². The Kier molecular flexibility index (Phi) is 7.13. The molecule has 0 aliphatic carbocycles. The summed E-state index contributed by atoms with van der Waals surface area (Å²) in [7, 11) is -4.09. The average Bonchev–Trinajstić information content (AvgIpc) is 3.28. The molecule has 0 radical (unpaired) electrons. The zero-order valence-electron chi connectivity index (χ0n) is 17.6. The molecule has 2 N–H and O–H groups in total. The van der Waals surface area contributed by atoms with Gasteiger partial charge in [-0.2, -0.15) is 0 Å². The fourth-order valence-corrected chi connectivity index (χ4v) is 5.22. The topological polar surface area (TPSA) is 106 Å². The largest absolute Gasteiger partial charge is 0.394 e. The molecule has 4 rings (SSSR count). The van der Waals surface area contributed by atoms with Gasteiger partial charge in [-0.25, -0.2) is 21.9 Å². The molecule has 1 saturated heterocycles. The van der Waals surface area contributed by atoms with Crippen LogP contribution in [0.2, 0.25) is 0 Å². The molecular formula is C22H24F2N4O4S. The summed E-state index contributed by atoms with van der Waals surface area (Å²) in [5, 5.41) is 17.9. The van der Waals surface area contributed by atoms with Crippen molar-refractivity contribution in [2.45, 2.75) is 49.0 Å². The monoisotopic (exact) mass is 478 g/mol. The Labute approximate surface area is 190 Å². The van der Waals surface area contributed by atoms with Gasteiger partial charge in [0.25, 0.3) is 0 Å². The van der Waals surface area contributed by atoms with Crippen molar-refractivity contribution in [3.05, 3.63) is 66.4 Å². The number of sulfonamides is 1. The third-order valence-corrected chi connectivity index (χ3v) is 7.11. The van der Waals surface area contributed by atoms with Gasteiger partial charge in [0.2, 0.25) is 10.0 Å². The van der Waals surface area contributed by atoms with Gasteiger partial charge in [-0.1, -0.05) is 17.3 Å². The summed E-state index contributed by atoms with van der Waals surface area (Å²) in [5.41, 5.74) is 1.37. The van der Waals surface area contributed by atoms with E-state index in [0.29, 0.717) is 31.5 Å². The Morgan fingerprint density at radius 1 is 1.12 bits per heavy atom. The van der Waals surface area contributed by atoms with Crippen molar-refractivity contribution in [3.63, 3.8) is 0 Å². The molecule has 2 heterocycles. The number of hydrogen-bond donors (Lipinski definition) is 2. The van der Waals surface area contributed by atoms with Gasteiger partial charge in [0, 0.05) is 12.1 Å². The average molecular weight is 479 g/mol. The number of nitrogens with zero attached hydrogens (tertiary/aromatic N) is 3. The van der Waals surface area contributed by atoms with Crippen LogP contribution in [0, 0.1) is 11.6 Å². The van der Waals surface area contributed by atoms with Crippen molar-refractivity contribution in [1.29, 1.82) is 0 Å². The predicted octanol–water partition coefficient (Wildman–Crippen LogP) is 2.50. The Morgan fingerprint density at radius 2 is 1.88 bits per heavy atom. The van der Waals surface area contributed by atoms with Gasteiger partial charge in [-0.15, -0.1) is 5.10 Å². The van der Waals surface area contributed by atoms with Crippen molar-refractivity contribution in [3.8, 4) is 11.3 Å². The Morgan fingerprint density at radius 3 is 2.61 bits per heavy atom. The van der Waals surface area contributed by atoms with Crippen LogP contribution in [0.5, 0.6) is 0 Å².